The lowest BCUT2D eigenvalue weighted by atomic mass is 9.98. The number of hydrogen-bond donors (Lipinski definition) is 2. The van der Waals surface area contributed by atoms with Crippen molar-refractivity contribution in [2.75, 3.05) is 11.9 Å². The molecule has 2 aliphatic rings. The maximum atomic E-state index is 12.6. The third-order valence-electron chi connectivity index (χ3n) is 5.50. The molecule has 1 aromatic carbocycles. The van der Waals surface area contributed by atoms with E-state index in [-0.39, 0.29) is 12.5 Å². The summed E-state index contributed by atoms with van der Waals surface area (Å²) in [4.78, 5) is 38.2. The fourth-order valence-corrected chi connectivity index (χ4v) is 4.61. The van der Waals surface area contributed by atoms with Crippen LogP contribution in [0.15, 0.2) is 24.3 Å². The normalized spacial score (nSPS) is 18.0. The fraction of sp³-hybridized carbons (Fsp3) is 0.450. The Hall–Kier alpha value is -2.81. The average Bonchev–Trinajstić information content (AvgIpc) is 3.40. The number of anilines is 1. The van der Waals surface area contributed by atoms with E-state index in [1.807, 2.05) is 12.1 Å². The summed E-state index contributed by atoms with van der Waals surface area (Å²) in [5.41, 5.74) is 1.35. The molecule has 2 N–H and O–H groups in total. The molecule has 8 nitrogen and oxygen atoms in total. The van der Waals surface area contributed by atoms with E-state index in [9.17, 15) is 14.4 Å². The van der Waals surface area contributed by atoms with Gasteiger partial charge in [0.15, 0.2) is 0 Å². The molecule has 1 saturated carbocycles. The van der Waals surface area contributed by atoms with Gasteiger partial charge in [0.1, 0.15) is 17.1 Å². The van der Waals surface area contributed by atoms with Crippen molar-refractivity contribution < 1.29 is 14.4 Å². The zero-order valence-corrected chi connectivity index (χ0v) is 17.2. The number of nitrogens with zero attached hydrogens (tertiary/aromatic N) is 3. The number of rotatable bonds is 5. The molecule has 2 aromatic rings. The topological polar surface area (TPSA) is 104 Å². The third-order valence-corrected chi connectivity index (χ3v) is 6.39. The van der Waals surface area contributed by atoms with Gasteiger partial charge in [-0.25, -0.2) is 4.79 Å². The lowest BCUT2D eigenvalue weighted by molar-refractivity contribution is -0.133. The Balaban J connectivity index is 1.39. The molecule has 152 valence electrons. The molecule has 1 saturated heterocycles. The first-order valence-corrected chi connectivity index (χ1v) is 10.6. The molecule has 0 bridgehead atoms. The molecule has 4 rings (SSSR count). The van der Waals surface area contributed by atoms with Crippen molar-refractivity contribution in [1.29, 1.82) is 0 Å². The number of carbonyl (C=O) groups excluding carboxylic acids is 3. The minimum atomic E-state index is -0.810. The standard InChI is InChI=1S/C20H23N5O3S/c1-12(2)13-5-7-14(8-6-13)16-23-24-18(29-16)21-15(26)11-25-17(27)20(22-19(25)28)9-3-4-10-20/h5-8,12H,3-4,9-11H2,1-2H3,(H,22,28)(H,21,24,26). The van der Waals surface area contributed by atoms with E-state index in [4.69, 9.17) is 0 Å². The summed E-state index contributed by atoms with van der Waals surface area (Å²) < 4.78 is 0. The quantitative estimate of drug-likeness (QED) is 0.733. The van der Waals surface area contributed by atoms with Crippen LogP contribution in [0.5, 0.6) is 0 Å². The Bertz CT molecular complexity index is 947. The highest BCUT2D eigenvalue weighted by Crippen LogP contribution is 2.35. The third kappa shape index (κ3) is 3.74. The van der Waals surface area contributed by atoms with Crippen molar-refractivity contribution in [2.24, 2.45) is 0 Å². The number of imide groups is 1. The van der Waals surface area contributed by atoms with E-state index in [0.29, 0.717) is 28.9 Å². The van der Waals surface area contributed by atoms with Gasteiger partial charge in [-0.3, -0.25) is 19.8 Å². The Morgan fingerprint density at radius 3 is 2.55 bits per heavy atom. The van der Waals surface area contributed by atoms with Crippen LogP contribution in [-0.4, -0.2) is 45.0 Å². The summed E-state index contributed by atoms with van der Waals surface area (Å²) in [7, 11) is 0. The smallest absolute Gasteiger partial charge is 0.323 e. The first-order chi connectivity index (χ1) is 13.9. The van der Waals surface area contributed by atoms with Crippen molar-refractivity contribution in [3.05, 3.63) is 29.8 Å². The van der Waals surface area contributed by atoms with Crippen LogP contribution in [0.2, 0.25) is 0 Å². The fourth-order valence-electron chi connectivity index (χ4n) is 3.84. The summed E-state index contributed by atoms with van der Waals surface area (Å²) in [6, 6.07) is 7.56. The first-order valence-electron chi connectivity index (χ1n) is 9.76. The Morgan fingerprint density at radius 1 is 1.21 bits per heavy atom. The number of aromatic nitrogens is 2. The number of carbonyl (C=O) groups is 3. The summed E-state index contributed by atoms with van der Waals surface area (Å²) in [6.07, 6.45) is 3.06. The predicted octanol–water partition coefficient (Wildman–Crippen LogP) is 3.13. The molecule has 0 unspecified atom stereocenters. The van der Waals surface area contributed by atoms with Crippen LogP contribution in [0.4, 0.5) is 9.93 Å². The van der Waals surface area contributed by atoms with Gasteiger partial charge in [0.2, 0.25) is 11.0 Å². The predicted molar refractivity (Wildman–Crippen MR) is 110 cm³/mol. The maximum absolute atomic E-state index is 12.6. The van der Waals surface area contributed by atoms with Crippen LogP contribution in [0, 0.1) is 0 Å². The zero-order valence-electron chi connectivity index (χ0n) is 16.4. The van der Waals surface area contributed by atoms with E-state index in [1.54, 1.807) is 0 Å². The van der Waals surface area contributed by atoms with Crippen molar-refractivity contribution in [3.63, 3.8) is 0 Å². The van der Waals surface area contributed by atoms with Gasteiger partial charge >= 0.3 is 6.03 Å². The largest absolute Gasteiger partial charge is 0.325 e. The van der Waals surface area contributed by atoms with Crippen molar-refractivity contribution in [3.8, 4) is 10.6 Å². The second kappa shape index (κ2) is 7.55. The summed E-state index contributed by atoms with van der Waals surface area (Å²) in [5.74, 6) is -0.332. The van der Waals surface area contributed by atoms with E-state index >= 15 is 0 Å². The molecule has 2 fully saturated rings. The monoisotopic (exact) mass is 413 g/mol. The van der Waals surface area contributed by atoms with Gasteiger partial charge in [-0.15, -0.1) is 10.2 Å². The van der Waals surface area contributed by atoms with Crippen molar-refractivity contribution in [1.82, 2.24) is 20.4 Å². The number of nitrogens with one attached hydrogen (secondary N) is 2. The van der Waals surface area contributed by atoms with Crippen LogP contribution in [0.3, 0.4) is 0 Å². The van der Waals surface area contributed by atoms with Crippen molar-refractivity contribution in [2.45, 2.75) is 51.0 Å². The highest BCUT2D eigenvalue weighted by atomic mass is 32.1. The highest BCUT2D eigenvalue weighted by Gasteiger charge is 2.52. The van der Waals surface area contributed by atoms with Gasteiger partial charge in [0, 0.05) is 5.56 Å². The molecular formula is C20H23N5O3S. The molecule has 2 heterocycles. The number of benzene rings is 1. The Kier molecular flexibility index (Phi) is 5.08. The maximum Gasteiger partial charge on any atom is 0.325 e. The highest BCUT2D eigenvalue weighted by molar-refractivity contribution is 7.18. The van der Waals surface area contributed by atoms with Gasteiger partial charge in [-0.05, 0) is 24.3 Å². The van der Waals surface area contributed by atoms with Crippen molar-refractivity contribution >= 4 is 34.3 Å². The average molecular weight is 414 g/mol. The molecule has 1 aliphatic carbocycles. The molecule has 1 aliphatic heterocycles. The minimum absolute atomic E-state index is 0.307. The summed E-state index contributed by atoms with van der Waals surface area (Å²) in [6.45, 7) is 3.94. The minimum Gasteiger partial charge on any atom is -0.323 e. The van der Waals surface area contributed by atoms with Crippen LogP contribution >= 0.6 is 11.3 Å². The summed E-state index contributed by atoms with van der Waals surface area (Å²) >= 11 is 1.25. The first kappa shape index (κ1) is 19.5. The second-order valence-corrected chi connectivity index (χ2v) is 8.83. The number of urea groups is 1. The SMILES string of the molecule is CC(C)c1ccc(-c2nnc(NC(=O)CN3C(=O)NC4(CCCC4)C3=O)s2)cc1. The molecule has 0 radical (unpaired) electrons. The van der Waals surface area contributed by atoms with Gasteiger partial charge < -0.3 is 5.32 Å². The van der Waals surface area contributed by atoms with Crippen LogP contribution in [-0.2, 0) is 9.59 Å². The molecule has 4 amide bonds. The van der Waals surface area contributed by atoms with E-state index in [0.717, 1.165) is 23.3 Å². The molecule has 0 atom stereocenters. The summed E-state index contributed by atoms with van der Waals surface area (Å²) in [5, 5.41) is 14.6. The molecule has 29 heavy (non-hydrogen) atoms. The zero-order chi connectivity index (χ0) is 20.6. The lowest BCUT2D eigenvalue weighted by Gasteiger charge is -2.19. The van der Waals surface area contributed by atoms with Gasteiger partial charge in [0.05, 0.1) is 0 Å². The van der Waals surface area contributed by atoms with Crippen LogP contribution < -0.4 is 10.6 Å². The van der Waals surface area contributed by atoms with E-state index < -0.39 is 17.5 Å². The molecule has 1 aromatic heterocycles. The van der Waals surface area contributed by atoms with Gasteiger partial charge in [0.25, 0.3) is 5.91 Å². The van der Waals surface area contributed by atoms with Gasteiger partial charge in [-0.1, -0.05) is 62.3 Å². The Labute approximate surface area is 172 Å². The lowest BCUT2D eigenvalue weighted by Crippen LogP contribution is -2.44. The Morgan fingerprint density at radius 2 is 1.90 bits per heavy atom. The van der Waals surface area contributed by atoms with Crippen LogP contribution in [0.25, 0.3) is 10.6 Å². The van der Waals surface area contributed by atoms with Crippen LogP contribution in [0.1, 0.15) is 51.0 Å². The molecule has 9 heteroatoms. The van der Waals surface area contributed by atoms with E-state index in [1.165, 1.54) is 16.9 Å². The molecular weight excluding hydrogens is 390 g/mol. The van der Waals surface area contributed by atoms with E-state index in [2.05, 4.69) is 46.8 Å². The van der Waals surface area contributed by atoms with Gasteiger partial charge in [-0.2, -0.15) is 0 Å². The second-order valence-electron chi connectivity index (χ2n) is 7.85. The number of amides is 4. The molecule has 1 spiro atoms. The number of hydrogen-bond acceptors (Lipinski definition) is 6.